The van der Waals surface area contributed by atoms with E-state index in [-0.39, 0.29) is 44.8 Å². The number of halogens is 5. The number of aliphatic hydroxyl groups is 1. The molecule has 2 heterocycles. The number of ketones is 1. The molecule has 1 unspecified atom stereocenters. The Bertz CT molecular complexity index is 1440. The number of carbonyl (C=O) groups is 2. The largest absolute Gasteiger partial charge is 0.507 e. The quantitative estimate of drug-likeness (QED) is 0.222. The zero-order valence-corrected chi connectivity index (χ0v) is 21.4. The van der Waals surface area contributed by atoms with Crippen molar-refractivity contribution >= 4 is 40.7 Å². The normalized spacial score (nSPS) is 17.1. The molecule has 2 aromatic carbocycles. The Morgan fingerprint density at radius 2 is 1.71 bits per heavy atom. The third-order valence-corrected chi connectivity index (χ3v) is 6.59. The van der Waals surface area contributed by atoms with Gasteiger partial charge >= 0.3 is 6.18 Å². The molecule has 0 aliphatic carbocycles. The van der Waals surface area contributed by atoms with E-state index >= 15 is 0 Å². The van der Waals surface area contributed by atoms with E-state index in [1.54, 1.807) is 0 Å². The molecule has 1 aliphatic heterocycles. The molecule has 0 bridgehead atoms. The number of hydrogen-bond donors (Lipinski definition) is 1. The van der Waals surface area contributed by atoms with E-state index in [4.69, 9.17) is 32.7 Å². The van der Waals surface area contributed by atoms with Gasteiger partial charge in [0.1, 0.15) is 10.8 Å². The second-order valence-electron chi connectivity index (χ2n) is 8.19. The maximum Gasteiger partial charge on any atom is 0.416 e. The number of methoxy groups -OCH3 is 2. The number of ether oxygens (including phenoxy) is 2. The van der Waals surface area contributed by atoms with E-state index in [1.807, 2.05) is 0 Å². The number of amides is 1. The van der Waals surface area contributed by atoms with E-state index in [0.29, 0.717) is 5.56 Å². The molecular weight excluding hydrogens is 548 g/mol. The van der Waals surface area contributed by atoms with Crippen molar-refractivity contribution in [3.05, 3.63) is 92.7 Å². The van der Waals surface area contributed by atoms with Crippen molar-refractivity contribution in [3.63, 3.8) is 0 Å². The third kappa shape index (κ3) is 4.89. The summed E-state index contributed by atoms with van der Waals surface area (Å²) in [5.74, 6) is -2.71. The molecule has 1 amide bonds. The fourth-order valence-corrected chi connectivity index (χ4v) is 4.96. The number of alkyl halides is 3. The second-order valence-corrected chi connectivity index (χ2v) is 8.98. The SMILES string of the molecule is COc1c(Cl)cc(/C(O)=C2\C(=O)C(=O)N(Cc3cccc(C(F)(F)F)c3)C2c2ccncc2)c(OC)c1Cl. The summed E-state index contributed by atoms with van der Waals surface area (Å²) in [6, 6.07) is 7.56. The van der Waals surface area contributed by atoms with Gasteiger partial charge in [-0.3, -0.25) is 14.6 Å². The number of rotatable bonds is 6. The van der Waals surface area contributed by atoms with Gasteiger partial charge in [-0.2, -0.15) is 13.2 Å². The van der Waals surface area contributed by atoms with Gasteiger partial charge in [0, 0.05) is 18.9 Å². The van der Waals surface area contributed by atoms with E-state index in [9.17, 15) is 27.9 Å². The first-order chi connectivity index (χ1) is 18.0. The van der Waals surface area contributed by atoms with Crippen LogP contribution < -0.4 is 9.47 Å². The van der Waals surface area contributed by atoms with E-state index in [1.165, 1.54) is 56.9 Å². The maximum absolute atomic E-state index is 13.3. The Hall–Kier alpha value is -3.76. The number of carbonyl (C=O) groups excluding carboxylic acids is 2. The van der Waals surface area contributed by atoms with Crippen LogP contribution in [0, 0.1) is 0 Å². The summed E-state index contributed by atoms with van der Waals surface area (Å²) in [6.07, 6.45) is -1.76. The van der Waals surface area contributed by atoms with E-state index in [0.717, 1.165) is 17.0 Å². The summed E-state index contributed by atoms with van der Waals surface area (Å²) < 4.78 is 50.4. The molecule has 0 radical (unpaired) electrons. The molecule has 1 aliphatic rings. The molecule has 0 spiro atoms. The smallest absolute Gasteiger partial charge is 0.416 e. The van der Waals surface area contributed by atoms with Crippen LogP contribution in [0.5, 0.6) is 11.5 Å². The minimum absolute atomic E-state index is 0.00138. The first kappa shape index (κ1) is 27.3. The van der Waals surface area contributed by atoms with Gasteiger partial charge in [0.15, 0.2) is 11.5 Å². The molecule has 4 rings (SSSR count). The van der Waals surface area contributed by atoms with Gasteiger partial charge < -0.3 is 19.5 Å². The molecule has 198 valence electrons. The molecule has 1 atom stereocenters. The minimum atomic E-state index is -4.60. The van der Waals surface area contributed by atoms with E-state index < -0.39 is 35.2 Å². The zero-order chi connectivity index (χ0) is 27.8. The summed E-state index contributed by atoms with van der Waals surface area (Å²) in [7, 11) is 2.60. The second kappa shape index (κ2) is 10.5. The van der Waals surface area contributed by atoms with Gasteiger partial charge in [0.2, 0.25) is 0 Å². The van der Waals surface area contributed by atoms with Crippen LogP contribution in [0.25, 0.3) is 5.76 Å². The number of hydrogen-bond acceptors (Lipinski definition) is 6. The fraction of sp³-hybridized carbons (Fsp3) is 0.192. The molecule has 1 saturated heterocycles. The molecule has 1 N–H and O–H groups in total. The average molecular weight is 567 g/mol. The Morgan fingerprint density at radius 3 is 2.32 bits per heavy atom. The molecule has 0 saturated carbocycles. The van der Waals surface area contributed by atoms with Crippen LogP contribution in [0.2, 0.25) is 10.0 Å². The number of benzene rings is 2. The predicted molar refractivity (Wildman–Crippen MR) is 133 cm³/mol. The van der Waals surface area contributed by atoms with Crippen LogP contribution in [-0.2, 0) is 22.3 Å². The van der Waals surface area contributed by atoms with Crippen molar-refractivity contribution in [2.75, 3.05) is 14.2 Å². The van der Waals surface area contributed by atoms with Crippen molar-refractivity contribution in [2.24, 2.45) is 0 Å². The topological polar surface area (TPSA) is 89.0 Å². The molecule has 3 aromatic rings. The Kier molecular flexibility index (Phi) is 7.57. The molecule has 1 aromatic heterocycles. The van der Waals surface area contributed by atoms with Crippen LogP contribution in [0.1, 0.15) is 28.3 Å². The van der Waals surface area contributed by atoms with Crippen LogP contribution in [-0.4, -0.2) is 40.9 Å². The lowest BCUT2D eigenvalue weighted by molar-refractivity contribution is -0.140. The highest BCUT2D eigenvalue weighted by molar-refractivity contribution is 6.47. The summed E-state index contributed by atoms with van der Waals surface area (Å²) >= 11 is 12.6. The average Bonchev–Trinajstić information content (AvgIpc) is 3.13. The van der Waals surface area contributed by atoms with Gasteiger partial charge in [-0.15, -0.1) is 0 Å². The fourth-order valence-electron chi connectivity index (χ4n) is 4.27. The summed E-state index contributed by atoms with van der Waals surface area (Å²) in [5, 5.41) is 11.3. The summed E-state index contributed by atoms with van der Waals surface area (Å²) in [5.41, 5.74) is -0.797. The molecule has 7 nitrogen and oxygen atoms in total. The third-order valence-electron chi connectivity index (χ3n) is 5.96. The number of pyridine rings is 1. The molecule has 12 heteroatoms. The van der Waals surface area contributed by atoms with Crippen molar-refractivity contribution < 1.29 is 37.3 Å². The highest BCUT2D eigenvalue weighted by Gasteiger charge is 2.46. The summed E-state index contributed by atoms with van der Waals surface area (Å²) in [4.78, 5) is 31.5. The van der Waals surface area contributed by atoms with Crippen molar-refractivity contribution in [1.82, 2.24) is 9.88 Å². The highest BCUT2D eigenvalue weighted by atomic mass is 35.5. The van der Waals surface area contributed by atoms with Crippen molar-refractivity contribution in [3.8, 4) is 11.5 Å². The van der Waals surface area contributed by atoms with Crippen LogP contribution in [0.3, 0.4) is 0 Å². The van der Waals surface area contributed by atoms with Gasteiger partial charge in [-0.25, -0.2) is 0 Å². The lowest BCUT2D eigenvalue weighted by atomic mass is 9.95. The minimum Gasteiger partial charge on any atom is -0.507 e. The molecular formula is C26H19Cl2F3N2O5. The first-order valence-corrected chi connectivity index (χ1v) is 11.7. The highest BCUT2D eigenvalue weighted by Crippen LogP contribution is 2.47. The van der Waals surface area contributed by atoms with Crippen LogP contribution >= 0.6 is 23.2 Å². The predicted octanol–water partition coefficient (Wildman–Crippen LogP) is 6.05. The molecule has 38 heavy (non-hydrogen) atoms. The number of Topliss-reactive ketones (excluding diaryl/α,β-unsaturated/α-hetero) is 1. The maximum atomic E-state index is 13.3. The Morgan fingerprint density at radius 1 is 1.05 bits per heavy atom. The number of nitrogens with zero attached hydrogens (tertiary/aromatic N) is 2. The monoisotopic (exact) mass is 566 g/mol. The van der Waals surface area contributed by atoms with Crippen LogP contribution in [0.4, 0.5) is 13.2 Å². The summed E-state index contributed by atoms with van der Waals surface area (Å²) in [6.45, 7) is -0.348. The van der Waals surface area contributed by atoms with Crippen molar-refractivity contribution in [2.45, 2.75) is 18.8 Å². The van der Waals surface area contributed by atoms with E-state index in [2.05, 4.69) is 4.98 Å². The first-order valence-electron chi connectivity index (χ1n) is 10.9. The lowest BCUT2D eigenvalue weighted by Crippen LogP contribution is -2.29. The van der Waals surface area contributed by atoms with Gasteiger partial charge in [-0.1, -0.05) is 35.3 Å². The number of likely N-dealkylation sites (tertiary alicyclic amines) is 1. The lowest BCUT2D eigenvalue weighted by Gasteiger charge is -2.26. The van der Waals surface area contributed by atoms with Crippen molar-refractivity contribution in [1.29, 1.82) is 0 Å². The number of aliphatic hydroxyl groups excluding tert-OH is 1. The van der Waals surface area contributed by atoms with Gasteiger partial charge in [0.25, 0.3) is 11.7 Å². The standard InChI is InChI=1S/C26H19Cl2F3N2O5/c1-37-23-16(11-17(27)24(38-2)19(23)28)21(34)18-20(14-6-8-32-9-7-14)33(25(36)22(18)35)12-13-4-3-5-15(10-13)26(29,30)31/h3-11,20,34H,12H2,1-2H3/b21-18+. The number of aromatic nitrogens is 1. The Balaban J connectivity index is 1.91. The zero-order valence-electron chi connectivity index (χ0n) is 19.8. The molecule has 1 fully saturated rings. The van der Waals surface area contributed by atoms with Crippen LogP contribution in [0.15, 0.2) is 60.4 Å². The van der Waals surface area contributed by atoms with Gasteiger partial charge in [0.05, 0.1) is 42.0 Å². The Labute approximate surface area is 225 Å². The van der Waals surface area contributed by atoms with Gasteiger partial charge in [-0.05, 0) is 41.5 Å².